The molecule has 1 aliphatic carbocycles. The van der Waals surface area contributed by atoms with Crippen molar-refractivity contribution in [2.45, 2.75) is 38.2 Å². The molecule has 1 aromatic carbocycles. The van der Waals surface area contributed by atoms with Crippen LogP contribution in [0.2, 0.25) is 0 Å². The molecule has 0 radical (unpaired) electrons. The molecule has 2 unspecified atom stereocenters. The minimum absolute atomic E-state index is 0.0132. The van der Waals surface area contributed by atoms with Crippen molar-refractivity contribution >= 4 is 0 Å². The molecule has 1 aliphatic rings. The molecule has 1 N–H and O–H groups in total. The van der Waals surface area contributed by atoms with Crippen LogP contribution >= 0.6 is 0 Å². The number of rotatable bonds is 1. The monoisotopic (exact) mass is 176 g/mol. The summed E-state index contributed by atoms with van der Waals surface area (Å²) in [6, 6.07) is 8.46. The highest BCUT2D eigenvalue weighted by Crippen LogP contribution is 2.56. The molecule has 0 bridgehead atoms. The second kappa shape index (κ2) is 2.36. The van der Waals surface area contributed by atoms with Crippen LogP contribution in [0, 0.1) is 6.92 Å². The number of aliphatic hydroxyl groups is 1. The highest BCUT2D eigenvalue weighted by Gasteiger charge is 2.60. The highest BCUT2D eigenvalue weighted by molar-refractivity contribution is 5.38. The van der Waals surface area contributed by atoms with E-state index < -0.39 is 5.60 Å². The zero-order valence-corrected chi connectivity index (χ0v) is 8.46. The maximum Gasteiger partial charge on any atom is 0.0723 e. The summed E-state index contributed by atoms with van der Waals surface area (Å²) in [6.45, 7) is 6.11. The highest BCUT2D eigenvalue weighted by atomic mass is 16.3. The van der Waals surface area contributed by atoms with E-state index in [0.717, 1.165) is 6.42 Å². The predicted octanol–water partition coefficient (Wildman–Crippen LogP) is 2.41. The van der Waals surface area contributed by atoms with Crippen molar-refractivity contribution < 1.29 is 5.11 Å². The van der Waals surface area contributed by atoms with E-state index in [2.05, 4.69) is 38.1 Å². The van der Waals surface area contributed by atoms with Crippen LogP contribution in [0.25, 0.3) is 0 Å². The normalized spacial score (nSPS) is 37.5. The van der Waals surface area contributed by atoms with Crippen molar-refractivity contribution in [3.05, 3.63) is 35.4 Å². The summed E-state index contributed by atoms with van der Waals surface area (Å²) in [6.07, 6.45) is 0.878. The van der Waals surface area contributed by atoms with E-state index in [1.165, 1.54) is 11.1 Å². The largest absolute Gasteiger partial charge is 0.389 e. The zero-order chi connectivity index (χ0) is 9.69. The van der Waals surface area contributed by atoms with Gasteiger partial charge in [0.25, 0.3) is 0 Å². The molecule has 1 aromatic rings. The predicted molar refractivity (Wildman–Crippen MR) is 53.8 cm³/mol. The van der Waals surface area contributed by atoms with E-state index in [1.54, 1.807) is 0 Å². The maximum atomic E-state index is 9.87. The molecule has 0 spiro atoms. The van der Waals surface area contributed by atoms with Crippen molar-refractivity contribution in [1.82, 2.24) is 0 Å². The quantitative estimate of drug-likeness (QED) is 0.696. The first-order valence-electron chi connectivity index (χ1n) is 4.75. The van der Waals surface area contributed by atoms with Crippen molar-refractivity contribution in [1.29, 1.82) is 0 Å². The Morgan fingerprint density at radius 2 is 1.62 bits per heavy atom. The van der Waals surface area contributed by atoms with Gasteiger partial charge in [0.1, 0.15) is 0 Å². The van der Waals surface area contributed by atoms with Crippen LogP contribution in [-0.2, 0) is 5.41 Å². The van der Waals surface area contributed by atoms with Crippen LogP contribution in [-0.4, -0.2) is 10.7 Å². The maximum absolute atomic E-state index is 9.87. The van der Waals surface area contributed by atoms with Gasteiger partial charge in [-0.3, -0.25) is 0 Å². The molecule has 1 nitrogen and oxygen atoms in total. The van der Waals surface area contributed by atoms with Crippen molar-refractivity contribution in [3.8, 4) is 0 Å². The molecule has 0 heterocycles. The SMILES string of the molecule is Cc1ccc(C2(C)CC2(C)O)cc1. The number of aryl methyl sites for hydroxylation is 1. The Morgan fingerprint density at radius 3 is 2.00 bits per heavy atom. The molecule has 0 aliphatic heterocycles. The zero-order valence-electron chi connectivity index (χ0n) is 8.46. The molecule has 1 saturated carbocycles. The molecule has 0 aromatic heterocycles. The summed E-state index contributed by atoms with van der Waals surface area (Å²) in [7, 11) is 0. The van der Waals surface area contributed by atoms with Crippen LogP contribution in [0.1, 0.15) is 31.4 Å². The summed E-state index contributed by atoms with van der Waals surface area (Å²) in [5, 5.41) is 9.87. The Hall–Kier alpha value is -0.820. The van der Waals surface area contributed by atoms with Gasteiger partial charge in [0.05, 0.1) is 5.60 Å². The lowest BCUT2D eigenvalue weighted by Gasteiger charge is -2.14. The Kier molecular flexibility index (Phi) is 1.59. The fourth-order valence-corrected chi connectivity index (χ4v) is 1.98. The van der Waals surface area contributed by atoms with Crippen LogP contribution < -0.4 is 0 Å². The topological polar surface area (TPSA) is 20.2 Å². The van der Waals surface area contributed by atoms with Gasteiger partial charge in [-0.15, -0.1) is 0 Å². The van der Waals surface area contributed by atoms with Crippen LogP contribution in [0.15, 0.2) is 24.3 Å². The van der Waals surface area contributed by atoms with Crippen LogP contribution in [0.5, 0.6) is 0 Å². The van der Waals surface area contributed by atoms with Gasteiger partial charge in [0.15, 0.2) is 0 Å². The van der Waals surface area contributed by atoms with Gasteiger partial charge in [-0.05, 0) is 25.8 Å². The molecule has 13 heavy (non-hydrogen) atoms. The fourth-order valence-electron chi connectivity index (χ4n) is 1.98. The number of hydrogen-bond donors (Lipinski definition) is 1. The molecule has 70 valence electrons. The van der Waals surface area contributed by atoms with Gasteiger partial charge < -0.3 is 5.11 Å². The lowest BCUT2D eigenvalue weighted by molar-refractivity contribution is 0.145. The standard InChI is InChI=1S/C12H16O/c1-9-4-6-10(7-5-9)11(2)8-12(11,3)13/h4-7,13H,8H2,1-3H3. The summed E-state index contributed by atoms with van der Waals surface area (Å²) in [5.74, 6) is 0. The van der Waals surface area contributed by atoms with Gasteiger partial charge >= 0.3 is 0 Å². The first kappa shape index (κ1) is 8.76. The Balaban J connectivity index is 2.34. The lowest BCUT2D eigenvalue weighted by atomic mass is 9.94. The van der Waals surface area contributed by atoms with Crippen molar-refractivity contribution in [2.24, 2.45) is 0 Å². The minimum Gasteiger partial charge on any atom is -0.389 e. The fraction of sp³-hybridized carbons (Fsp3) is 0.500. The third-order valence-corrected chi connectivity index (χ3v) is 3.45. The summed E-state index contributed by atoms with van der Waals surface area (Å²) in [4.78, 5) is 0. The van der Waals surface area contributed by atoms with Gasteiger partial charge in [0.2, 0.25) is 0 Å². The van der Waals surface area contributed by atoms with Gasteiger partial charge in [0, 0.05) is 5.41 Å². The molecular formula is C12H16O. The Bertz CT molecular complexity index is 323. The third kappa shape index (κ3) is 1.19. The van der Waals surface area contributed by atoms with Gasteiger partial charge in [-0.2, -0.15) is 0 Å². The van der Waals surface area contributed by atoms with Crippen molar-refractivity contribution in [3.63, 3.8) is 0 Å². The number of benzene rings is 1. The van der Waals surface area contributed by atoms with Gasteiger partial charge in [-0.1, -0.05) is 36.8 Å². The van der Waals surface area contributed by atoms with E-state index in [0.29, 0.717) is 0 Å². The Morgan fingerprint density at radius 1 is 1.15 bits per heavy atom. The molecule has 1 fully saturated rings. The van der Waals surface area contributed by atoms with E-state index in [-0.39, 0.29) is 5.41 Å². The molecular weight excluding hydrogens is 160 g/mol. The van der Waals surface area contributed by atoms with E-state index in [1.807, 2.05) is 6.92 Å². The molecule has 2 rings (SSSR count). The van der Waals surface area contributed by atoms with E-state index in [4.69, 9.17) is 0 Å². The third-order valence-electron chi connectivity index (χ3n) is 3.45. The van der Waals surface area contributed by atoms with E-state index >= 15 is 0 Å². The average molecular weight is 176 g/mol. The number of hydrogen-bond acceptors (Lipinski definition) is 1. The molecule has 0 saturated heterocycles. The summed E-state index contributed by atoms with van der Waals surface area (Å²) < 4.78 is 0. The minimum atomic E-state index is -0.498. The Labute approximate surface area is 79.4 Å². The smallest absolute Gasteiger partial charge is 0.0723 e. The molecule has 1 heteroatoms. The first-order chi connectivity index (χ1) is 5.96. The first-order valence-corrected chi connectivity index (χ1v) is 4.75. The lowest BCUT2D eigenvalue weighted by Crippen LogP contribution is -2.16. The average Bonchev–Trinajstić information content (AvgIpc) is 2.53. The summed E-state index contributed by atoms with van der Waals surface area (Å²) in [5.41, 5.74) is 2.01. The summed E-state index contributed by atoms with van der Waals surface area (Å²) >= 11 is 0. The second-order valence-electron chi connectivity index (χ2n) is 4.65. The second-order valence-corrected chi connectivity index (χ2v) is 4.65. The molecule has 2 atom stereocenters. The van der Waals surface area contributed by atoms with Crippen molar-refractivity contribution in [2.75, 3.05) is 0 Å². The van der Waals surface area contributed by atoms with E-state index in [9.17, 15) is 5.11 Å². The van der Waals surface area contributed by atoms with Crippen LogP contribution in [0.4, 0.5) is 0 Å². The van der Waals surface area contributed by atoms with Crippen LogP contribution in [0.3, 0.4) is 0 Å². The molecule has 0 amide bonds. The van der Waals surface area contributed by atoms with Gasteiger partial charge in [-0.25, -0.2) is 0 Å².